The minimum absolute atomic E-state index is 0.176. The van der Waals surface area contributed by atoms with Gasteiger partial charge in [0.25, 0.3) is 0 Å². The number of rotatable bonds is 2. The molecule has 1 aromatic carbocycles. The number of carbonyl (C=O) groups excluding carboxylic acids is 1. The summed E-state index contributed by atoms with van der Waals surface area (Å²) < 4.78 is 0. The van der Waals surface area contributed by atoms with Gasteiger partial charge < -0.3 is 15.1 Å². The molecule has 0 aromatic heterocycles. The van der Waals surface area contributed by atoms with Gasteiger partial charge in [-0.05, 0) is 44.5 Å². The van der Waals surface area contributed by atoms with Gasteiger partial charge in [0.05, 0.1) is 5.92 Å². The Morgan fingerprint density at radius 2 is 2.00 bits per heavy atom. The van der Waals surface area contributed by atoms with Crippen LogP contribution in [-0.4, -0.2) is 49.6 Å². The van der Waals surface area contributed by atoms with Gasteiger partial charge in [-0.3, -0.25) is 4.79 Å². The number of anilines is 1. The highest BCUT2D eigenvalue weighted by Gasteiger charge is 2.33. The maximum Gasteiger partial charge on any atom is 0.227 e. The lowest BCUT2D eigenvalue weighted by molar-refractivity contribution is -0.136. The van der Waals surface area contributed by atoms with Crippen molar-refractivity contribution in [3.63, 3.8) is 0 Å². The molecule has 1 aromatic rings. The lowest BCUT2D eigenvalue weighted by Crippen LogP contribution is -2.51. The molecule has 0 saturated carbocycles. The summed E-state index contributed by atoms with van der Waals surface area (Å²) in [6, 6.07) is 8.94. The molecule has 4 heteroatoms. The largest absolute Gasteiger partial charge is 0.368 e. The molecule has 4 nitrogen and oxygen atoms in total. The number of aryl methyl sites for hydroxylation is 1. The minimum Gasteiger partial charge on any atom is -0.368 e. The Morgan fingerprint density at radius 1 is 1.24 bits per heavy atom. The number of hydrogen-bond donors (Lipinski definition) is 1. The molecule has 2 aliphatic rings. The summed E-state index contributed by atoms with van der Waals surface area (Å²) in [7, 11) is 0. The molecule has 2 atom stereocenters. The van der Waals surface area contributed by atoms with Gasteiger partial charge in [-0.25, -0.2) is 0 Å². The van der Waals surface area contributed by atoms with Crippen LogP contribution in [-0.2, 0) is 4.79 Å². The van der Waals surface area contributed by atoms with Crippen molar-refractivity contribution in [1.29, 1.82) is 0 Å². The maximum atomic E-state index is 12.6. The van der Waals surface area contributed by atoms with Crippen LogP contribution in [0, 0.1) is 12.8 Å². The summed E-state index contributed by atoms with van der Waals surface area (Å²) >= 11 is 0. The van der Waals surface area contributed by atoms with E-state index in [1.807, 2.05) is 0 Å². The molecular weight excluding hydrogens is 262 g/mol. The average molecular weight is 287 g/mol. The number of benzene rings is 1. The van der Waals surface area contributed by atoms with Crippen molar-refractivity contribution in [2.24, 2.45) is 5.92 Å². The van der Waals surface area contributed by atoms with E-state index in [-0.39, 0.29) is 5.92 Å². The Morgan fingerprint density at radius 3 is 2.62 bits per heavy atom. The van der Waals surface area contributed by atoms with Gasteiger partial charge in [-0.15, -0.1) is 0 Å². The first-order valence-corrected chi connectivity index (χ1v) is 7.99. The molecule has 2 heterocycles. The first-order valence-electron chi connectivity index (χ1n) is 7.99. The van der Waals surface area contributed by atoms with Crippen molar-refractivity contribution in [2.45, 2.75) is 26.3 Å². The van der Waals surface area contributed by atoms with Gasteiger partial charge in [0.15, 0.2) is 0 Å². The van der Waals surface area contributed by atoms with Crippen molar-refractivity contribution < 1.29 is 4.79 Å². The zero-order valence-electron chi connectivity index (χ0n) is 13.0. The summed E-state index contributed by atoms with van der Waals surface area (Å²) in [4.78, 5) is 17.0. The van der Waals surface area contributed by atoms with Gasteiger partial charge in [0, 0.05) is 37.9 Å². The van der Waals surface area contributed by atoms with Crippen LogP contribution in [0.2, 0.25) is 0 Å². The molecule has 2 fully saturated rings. The fourth-order valence-electron chi connectivity index (χ4n) is 3.44. The maximum absolute atomic E-state index is 12.6. The summed E-state index contributed by atoms with van der Waals surface area (Å²) in [5.41, 5.74) is 2.56. The third kappa shape index (κ3) is 3.05. The number of piperazine rings is 1. The van der Waals surface area contributed by atoms with E-state index in [9.17, 15) is 4.79 Å². The monoisotopic (exact) mass is 287 g/mol. The van der Waals surface area contributed by atoms with Crippen molar-refractivity contribution in [2.75, 3.05) is 37.6 Å². The van der Waals surface area contributed by atoms with Crippen LogP contribution in [0.5, 0.6) is 0 Å². The second-order valence-electron chi connectivity index (χ2n) is 6.29. The molecule has 2 unspecified atom stereocenters. The molecule has 0 spiro atoms. The fourth-order valence-corrected chi connectivity index (χ4v) is 3.44. The molecule has 0 aliphatic carbocycles. The predicted molar refractivity (Wildman–Crippen MR) is 85.5 cm³/mol. The van der Waals surface area contributed by atoms with Crippen LogP contribution < -0.4 is 10.2 Å². The smallest absolute Gasteiger partial charge is 0.227 e. The van der Waals surface area contributed by atoms with Gasteiger partial charge in [0.1, 0.15) is 0 Å². The zero-order valence-corrected chi connectivity index (χ0v) is 13.0. The molecule has 3 rings (SSSR count). The van der Waals surface area contributed by atoms with Gasteiger partial charge in [-0.2, -0.15) is 0 Å². The average Bonchev–Trinajstić information content (AvgIpc) is 2.93. The van der Waals surface area contributed by atoms with Crippen molar-refractivity contribution in [1.82, 2.24) is 10.2 Å². The molecule has 21 heavy (non-hydrogen) atoms. The normalized spacial score (nSPS) is 26.2. The van der Waals surface area contributed by atoms with Gasteiger partial charge in [0.2, 0.25) is 5.91 Å². The summed E-state index contributed by atoms with van der Waals surface area (Å²) in [5, 5.41) is 3.37. The third-order valence-corrected chi connectivity index (χ3v) is 4.80. The molecule has 2 aliphatic heterocycles. The number of hydrogen-bond acceptors (Lipinski definition) is 3. The first kappa shape index (κ1) is 14.4. The third-order valence-electron chi connectivity index (χ3n) is 4.80. The van der Waals surface area contributed by atoms with Gasteiger partial charge in [-0.1, -0.05) is 12.1 Å². The van der Waals surface area contributed by atoms with E-state index < -0.39 is 0 Å². The van der Waals surface area contributed by atoms with Crippen LogP contribution in [0.25, 0.3) is 0 Å². The molecule has 1 N–H and O–H groups in total. The van der Waals surface area contributed by atoms with E-state index in [0.717, 1.165) is 39.1 Å². The quantitative estimate of drug-likeness (QED) is 0.898. The lowest BCUT2D eigenvalue weighted by Gasteiger charge is -2.37. The topological polar surface area (TPSA) is 35.6 Å². The van der Waals surface area contributed by atoms with Gasteiger partial charge >= 0.3 is 0 Å². The van der Waals surface area contributed by atoms with Crippen LogP contribution >= 0.6 is 0 Å². The Balaban J connectivity index is 1.59. The highest BCUT2D eigenvalue weighted by Crippen LogP contribution is 2.21. The first-order chi connectivity index (χ1) is 10.1. The van der Waals surface area contributed by atoms with Crippen LogP contribution in [0.4, 0.5) is 5.69 Å². The summed E-state index contributed by atoms with van der Waals surface area (Å²) in [6.45, 7) is 8.77. The van der Waals surface area contributed by atoms with E-state index in [0.29, 0.717) is 11.9 Å². The summed E-state index contributed by atoms with van der Waals surface area (Å²) in [6.07, 6.45) is 0.984. The second-order valence-corrected chi connectivity index (χ2v) is 6.29. The Hall–Kier alpha value is -1.55. The number of nitrogens with one attached hydrogen (secondary N) is 1. The second kappa shape index (κ2) is 6.06. The van der Waals surface area contributed by atoms with Crippen molar-refractivity contribution in [3.05, 3.63) is 29.8 Å². The van der Waals surface area contributed by atoms with E-state index in [1.54, 1.807) is 0 Å². The Kier molecular flexibility index (Phi) is 4.15. The fraction of sp³-hybridized carbons (Fsp3) is 0.588. The van der Waals surface area contributed by atoms with Crippen LogP contribution in [0.1, 0.15) is 18.9 Å². The summed E-state index contributed by atoms with van der Waals surface area (Å²) in [5.74, 6) is 0.520. The predicted octanol–water partition coefficient (Wildman–Crippen LogP) is 1.64. The van der Waals surface area contributed by atoms with E-state index >= 15 is 0 Å². The molecule has 1 amide bonds. The molecule has 2 saturated heterocycles. The molecule has 0 bridgehead atoms. The van der Waals surface area contributed by atoms with Crippen LogP contribution in [0.15, 0.2) is 24.3 Å². The van der Waals surface area contributed by atoms with Crippen molar-refractivity contribution in [3.8, 4) is 0 Å². The van der Waals surface area contributed by atoms with Crippen molar-refractivity contribution >= 4 is 11.6 Å². The van der Waals surface area contributed by atoms with Crippen LogP contribution in [0.3, 0.4) is 0 Å². The lowest BCUT2D eigenvalue weighted by atomic mass is 10.00. The number of amides is 1. The number of carbonyl (C=O) groups is 1. The SMILES string of the molecule is Cc1cccc(N2CCN(C(=O)C3CCNC3C)CC2)c1. The minimum atomic E-state index is 0.176. The van der Waals surface area contributed by atoms with E-state index in [2.05, 4.69) is 53.2 Å². The molecule has 0 radical (unpaired) electrons. The highest BCUT2D eigenvalue weighted by molar-refractivity contribution is 5.80. The standard InChI is InChI=1S/C17H25N3O/c1-13-4-3-5-15(12-13)19-8-10-20(11-9-19)17(21)16-6-7-18-14(16)2/h3-5,12,14,16,18H,6-11H2,1-2H3. The number of nitrogens with zero attached hydrogens (tertiary/aromatic N) is 2. The molecule has 114 valence electrons. The molecular formula is C17H25N3O. The zero-order chi connectivity index (χ0) is 14.8. The van der Waals surface area contributed by atoms with E-state index in [1.165, 1.54) is 11.3 Å². The van der Waals surface area contributed by atoms with E-state index in [4.69, 9.17) is 0 Å². The Labute approximate surface area is 127 Å². The highest BCUT2D eigenvalue weighted by atomic mass is 16.2. The Bertz CT molecular complexity index is 509.